The van der Waals surface area contributed by atoms with Gasteiger partial charge in [-0.3, -0.25) is 5.43 Å². The number of allylic oxidation sites excluding steroid dienone is 7. The van der Waals surface area contributed by atoms with E-state index in [9.17, 15) is 0 Å². The fourth-order valence-corrected chi connectivity index (χ4v) is 10.8. The molecule has 4 nitrogen and oxygen atoms in total. The van der Waals surface area contributed by atoms with E-state index >= 15 is 0 Å². The van der Waals surface area contributed by atoms with Crippen molar-refractivity contribution in [1.29, 1.82) is 0 Å². The van der Waals surface area contributed by atoms with Gasteiger partial charge in [0.15, 0.2) is 5.71 Å². The Kier molecular flexibility index (Phi) is 10.1. The second-order valence-corrected chi connectivity index (χ2v) is 18.0. The van der Waals surface area contributed by atoms with Gasteiger partial charge in [0.05, 0.1) is 5.41 Å². The molecule has 3 aromatic carbocycles. The van der Waals surface area contributed by atoms with Gasteiger partial charge in [-0.1, -0.05) is 116 Å². The molecular weight excluding hydrogens is 673 g/mol. The molecule has 0 aromatic heterocycles. The summed E-state index contributed by atoms with van der Waals surface area (Å²) >= 11 is 3.77. The van der Waals surface area contributed by atoms with Crippen LogP contribution in [-0.2, 0) is 17.3 Å². The zero-order chi connectivity index (χ0) is 36.8. The molecule has 52 heavy (non-hydrogen) atoms. The van der Waals surface area contributed by atoms with Crippen LogP contribution in [0.3, 0.4) is 0 Å². The van der Waals surface area contributed by atoms with Crippen LogP contribution in [0.1, 0.15) is 87.8 Å². The monoisotopic (exact) mass is 725 g/mol. The van der Waals surface area contributed by atoms with Gasteiger partial charge in [0.25, 0.3) is 0 Å². The van der Waals surface area contributed by atoms with Crippen LogP contribution in [0.2, 0.25) is 0 Å². The van der Waals surface area contributed by atoms with Crippen LogP contribution in [0.15, 0.2) is 118 Å². The minimum absolute atomic E-state index is 0.0656. The van der Waals surface area contributed by atoms with Crippen molar-refractivity contribution in [3.8, 4) is 0 Å². The summed E-state index contributed by atoms with van der Waals surface area (Å²) < 4.78 is 2.62. The van der Waals surface area contributed by atoms with Crippen LogP contribution in [0.25, 0.3) is 6.08 Å². The van der Waals surface area contributed by atoms with Crippen LogP contribution in [0.4, 0.5) is 11.4 Å². The van der Waals surface area contributed by atoms with Crippen LogP contribution in [0.5, 0.6) is 0 Å². The molecule has 0 spiro atoms. The maximum Gasteiger partial charge on any atom is 0.209 e. The summed E-state index contributed by atoms with van der Waals surface area (Å²) in [5.74, 6) is 0. The summed E-state index contributed by atoms with van der Waals surface area (Å²) in [5.41, 5.74) is 19.5. The van der Waals surface area contributed by atoms with E-state index in [-0.39, 0.29) is 15.5 Å². The molecule has 0 saturated heterocycles. The highest BCUT2D eigenvalue weighted by Crippen LogP contribution is 2.49. The van der Waals surface area contributed by atoms with Crippen molar-refractivity contribution in [2.24, 2.45) is 5.10 Å². The number of nitrogens with one attached hydrogen (secondary N) is 1. The van der Waals surface area contributed by atoms with E-state index in [1.165, 1.54) is 66.7 Å². The van der Waals surface area contributed by atoms with Crippen molar-refractivity contribution in [3.05, 3.63) is 147 Å². The van der Waals surface area contributed by atoms with Gasteiger partial charge in [-0.25, -0.2) is 0 Å². The lowest BCUT2D eigenvalue weighted by molar-refractivity contribution is -0.433. The second-order valence-electron chi connectivity index (χ2n) is 15.4. The smallest absolute Gasteiger partial charge is 0.209 e. The Hall–Kier alpha value is -4.00. The van der Waals surface area contributed by atoms with Crippen molar-refractivity contribution in [3.63, 3.8) is 0 Å². The molecule has 3 aromatic rings. The summed E-state index contributed by atoms with van der Waals surface area (Å²) in [6.07, 6.45) is 14.5. The van der Waals surface area contributed by atoms with Gasteiger partial charge in [0, 0.05) is 52.4 Å². The number of fused-ring (bicyclic) bond motifs is 2. The average molecular weight is 726 g/mol. The van der Waals surface area contributed by atoms with Gasteiger partial charge >= 0.3 is 0 Å². The van der Waals surface area contributed by atoms with E-state index in [1.807, 2.05) is 29.6 Å². The molecule has 0 saturated carbocycles. The lowest BCUT2D eigenvalue weighted by atomic mass is 9.81. The highest BCUT2D eigenvalue weighted by atomic mass is 32.2. The van der Waals surface area contributed by atoms with E-state index in [0.717, 1.165) is 43.0 Å². The molecule has 3 heterocycles. The molecule has 7 rings (SSSR count). The Balaban J connectivity index is 1.22. The van der Waals surface area contributed by atoms with Crippen LogP contribution < -0.4 is 10.3 Å². The number of aryl methyl sites for hydroxylation is 2. The minimum Gasteiger partial charge on any atom is -0.344 e. The van der Waals surface area contributed by atoms with Gasteiger partial charge in [0.2, 0.25) is 5.69 Å². The molecule has 1 aliphatic carbocycles. The fourth-order valence-electron chi connectivity index (χ4n) is 8.28. The van der Waals surface area contributed by atoms with Gasteiger partial charge in [-0.2, -0.15) is 9.68 Å². The fraction of sp³-hybridized carbons (Fsp3) is 0.348. The predicted molar refractivity (Wildman–Crippen MR) is 228 cm³/mol. The predicted octanol–water partition coefficient (Wildman–Crippen LogP) is 11.5. The molecule has 6 heteroatoms. The summed E-state index contributed by atoms with van der Waals surface area (Å²) in [4.78, 5) is 3.89. The van der Waals surface area contributed by atoms with Gasteiger partial charge in [-0.05, 0) is 100 Å². The molecule has 4 aliphatic rings. The third kappa shape index (κ3) is 6.69. The van der Waals surface area contributed by atoms with Crippen molar-refractivity contribution >= 4 is 51.7 Å². The quantitative estimate of drug-likeness (QED) is 0.211. The number of hydrogen-bond donors (Lipinski definition) is 1. The third-order valence-corrected chi connectivity index (χ3v) is 13.7. The zero-order valence-electron chi connectivity index (χ0n) is 32.1. The molecule has 0 bridgehead atoms. The maximum atomic E-state index is 4.80. The minimum atomic E-state index is -0.0656. The second kappa shape index (κ2) is 14.4. The molecule has 3 aliphatic heterocycles. The topological polar surface area (TPSA) is 30.6 Å². The van der Waals surface area contributed by atoms with E-state index in [2.05, 4.69) is 162 Å². The Bertz CT molecular complexity index is 2110. The van der Waals surface area contributed by atoms with Gasteiger partial charge < -0.3 is 4.90 Å². The molecule has 1 N–H and O–H groups in total. The number of hydrogen-bond acceptors (Lipinski definition) is 5. The van der Waals surface area contributed by atoms with Crippen LogP contribution in [-0.4, -0.2) is 33.1 Å². The normalized spacial score (nSPS) is 21.8. The SMILES string of the molecule is C=Cc1ccc(CC2=NNC(SC3=C(/C=C/C4=[N+](CC)c5ccc(C)cc5C4(C)C)CC/C3=C\C=C3\N(CC)c4ccc(C)cc4C3(C)C)S2)cc1. The summed E-state index contributed by atoms with van der Waals surface area (Å²) in [6.45, 7) is 24.2. The number of likely N-dealkylation sites (N-methyl/N-ethyl adjacent to an activating group) is 1. The zero-order valence-corrected chi connectivity index (χ0v) is 33.8. The van der Waals surface area contributed by atoms with Crippen molar-refractivity contribution in [2.45, 2.75) is 90.2 Å². The molecule has 0 radical (unpaired) electrons. The largest absolute Gasteiger partial charge is 0.344 e. The highest BCUT2D eigenvalue weighted by molar-refractivity contribution is 8.26. The average Bonchev–Trinajstić information content (AvgIpc) is 3.84. The van der Waals surface area contributed by atoms with Gasteiger partial charge in [0.1, 0.15) is 16.3 Å². The van der Waals surface area contributed by atoms with Crippen LogP contribution in [0, 0.1) is 13.8 Å². The third-order valence-electron chi connectivity index (χ3n) is 11.2. The molecule has 0 amide bonds. The van der Waals surface area contributed by atoms with E-state index in [4.69, 9.17) is 5.10 Å². The number of thioether (sulfide) groups is 2. The number of rotatable bonds is 10. The number of hydrazone groups is 1. The van der Waals surface area contributed by atoms with Crippen molar-refractivity contribution in [2.75, 3.05) is 18.0 Å². The molecule has 1 unspecified atom stereocenters. The molecule has 268 valence electrons. The number of benzene rings is 3. The van der Waals surface area contributed by atoms with Crippen LogP contribution >= 0.6 is 23.5 Å². The number of nitrogens with zero attached hydrogens (tertiary/aromatic N) is 3. The Labute approximate surface area is 320 Å². The Morgan fingerprint density at radius 1 is 0.923 bits per heavy atom. The maximum absolute atomic E-state index is 4.80. The summed E-state index contributed by atoms with van der Waals surface area (Å²) in [6, 6.07) is 22.5. The Morgan fingerprint density at radius 3 is 2.37 bits per heavy atom. The first kappa shape index (κ1) is 36.4. The molecule has 0 fully saturated rings. The molecular formula is C46H53N4S2+. The van der Waals surface area contributed by atoms with E-state index in [1.54, 1.807) is 0 Å². The van der Waals surface area contributed by atoms with Gasteiger partial charge in [-0.15, -0.1) is 0 Å². The van der Waals surface area contributed by atoms with Crippen molar-refractivity contribution in [1.82, 2.24) is 5.43 Å². The van der Waals surface area contributed by atoms with E-state index in [0.29, 0.717) is 0 Å². The van der Waals surface area contributed by atoms with Crippen molar-refractivity contribution < 1.29 is 4.58 Å². The van der Waals surface area contributed by atoms with E-state index < -0.39 is 0 Å². The highest BCUT2D eigenvalue weighted by Gasteiger charge is 2.44. The first-order chi connectivity index (χ1) is 24.9. The first-order valence-electron chi connectivity index (χ1n) is 18.8. The lowest BCUT2D eigenvalue weighted by Gasteiger charge is -2.26. The first-order valence-corrected chi connectivity index (χ1v) is 20.5. The standard InChI is InChI=1S/C46H53N4S2/c1-10-32-15-17-33(18-16-32)29-42-47-48-44(51-42)52-43-34(21-25-40-45(6,7)36-27-30(4)13-23-38(36)49(40)11-2)19-20-35(43)22-26-41-46(8,9)37-28-31(5)14-24-39(37)50(41)12-3/h10,13-18,21-28,44,48H,1,11-12,19-20,29H2,2-9H3/q+1. The number of anilines is 1. The Morgan fingerprint density at radius 2 is 1.65 bits per heavy atom. The lowest BCUT2D eigenvalue weighted by Crippen LogP contribution is -2.27. The summed E-state index contributed by atoms with van der Waals surface area (Å²) in [7, 11) is 0. The summed E-state index contributed by atoms with van der Waals surface area (Å²) in [5, 5.41) is 5.93. The molecule has 1 atom stereocenters.